The van der Waals surface area contributed by atoms with E-state index in [1.807, 2.05) is 37.4 Å². The fraction of sp³-hybridized carbons (Fsp3) is 0.286. The van der Waals surface area contributed by atoms with Crippen LogP contribution in [0, 0.1) is 0 Å². The van der Waals surface area contributed by atoms with Crippen molar-refractivity contribution < 1.29 is 4.74 Å². The number of ether oxygens (including phenoxy) is 1. The Bertz CT molecular complexity index is 897. The molecule has 0 radical (unpaired) electrons. The normalized spacial score (nSPS) is 11.0. The molecule has 7 nitrogen and oxygen atoms in total. The zero-order chi connectivity index (χ0) is 19.6. The summed E-state index contributed by atoms with van der Waals surface area (Å²) in [6.07, 6.45) is 1.54. The molecule has 1 aromatic heterocycles. The SMILES string of the molecule is CN=C(NCc1ccccc1COCc1ccccc1)NCc1ncnn1C.I. The first-order chi connectivity index (χ1) is 13.8. The zero-order valence-corrected chi connectivity index (χ0v) is 19.0. The molecule has 0 spiro atoms. The maximum absolute atomic E-state index is 5.90. The van der Waals surface area contributed by atoms with Gasteiger partial charge in [0.05, 0.1) is 19.8 Å². The number of halogens is 1. The Balaban J connectivity index is 0.00000300. The highest BCUT2D eigenvalue weighted by Gasteiger charge is 2.06. The molecule has 8 heteroatoms. The Morgan fingerprint density at radius 2 is 1.66 bits per heavy atom. The van der Waals surface area contributed by atoms with Gasteiger partial charge in [0, 0.05) is 20.6 Å². The van der Waals surface area contributed by atoms with Gasteiger partial charge in [0.15, 0.2) is 5.96 Å². The van der Waals surface area contributed by atoms with Gasteiger partial charge in [-0.15, -0.1) is 24.0 Å². The van der Waals surface area contributed by atoms with E-state index in [1.165, 1.54) is 11.1 Å². The molecule has 0 saturated heterocycles. The van der Waals surface area contributed by atoms with Crippen LogP contribution >= 0.6 is 24.0 Å². The fourth-order valence-electron chi connectivity index (χ4n) is 2.77. The summed E-state index contributed by atoms with van der Waals surface area (Å²) in [6.45, 7) is 2.38. The second kappa shape index (κ2) is 12.2. The number of aliphatic imine (C=N–C) groups is 1. The number of nitrogens with one attached hydrogen (secondary N) is 2. The molecule has 0 amide bonds. The van der Waals surface area contributed by atoms with Gasteiger partial charge in [-0.05, 0) is 16.7 Å². The molecule has 0 aliphatic heterocycles. The molecule has 0 atom stereocenters. The van der Waals surface area contributed by atoms with Crippen molar-refractivity contribution in [2.45, 2.75) is 26.3 Å². The van der Waals surface area contributed by atoms with Crippen LogP contribution < -0.4 is 10.6 Å². The molecule has 1 heterocycles. The van der Waals surface area contributed by atoms with Gasteiger partial charge in [-0.3, -0.25) is 9.67 Å². The van der Waals surface area contributed by atoms with Gasteiger partial charge in [-0.2, -0.15) is 5.10 Å². The van der Waals surface area contributed by atoms with E-state index in [9.17, 15) is 0 Å². The van der Waals surface area contributed by atoms with Crippen molar-refractivity contribution in [3.63, 3.8) is 0 Å². The Morgan fingerprint density at radius 1 is 0.966 bits per heavy atom. The molecule has 2 aromatic carbocycles. The molecule has 0 aliphatic carbocycles. The lowest BCUT2D eigenvalue weighted by molar-refractivity contribution is 0.106. The topological polar surface area (TPSA) is 76.4 Å². The molecule has 0 fully saturated rings. The second-order valence-corrected chi connectivity index (χ2v) is 6.33. The maximum Gasteiger partial charge on any atom is 0.191 e. The minimum Gasteiger partial charge on any atom is -0.372 e. The van der Waals surface area contributed by atoms with Crippen molar-refractivity contribution in [3.05, 3.63) is 83.4 Å². The monoisotopic (exact) mass is 506 g/mol. The van der Waals surface area contributed by atoms with Crippen LogP contribution in [-0.2, 0) is 38.1 Å². The smallest absolute Gasteiger partial charge is 0.191 e. The van der Waals surface area contributed by atoms with Crippen molar-refractivity contribution in [3.8, 4) is 0 Å². The van der Waals surface area contributed by atoms with Gasteiger partial charge in [0.1, 0.15) is 12.2 Å². The van der Waals surface area contributed by atoms with Crippen molar-refractivity contribution in [2.24, 2.45) is 12.0 Å². The quantitative estimate of drug-likeness (QED) is 0.279. The Hall–Kier alpha value is -2.46. The summed E-state index contributed by atoms with van der Waals surface area (Å²) in [5.41, 5.74) is 3.51. The zero-order valence-electron chi connectivity index (χ0n) is 16.7. The molecular formula is C21H27IN6O. The molecule has 29 heavy (non-hydrogen) atoms. The Labute approximate surface area is 188 Å². The highest BCUT2D eigenvalue weighted by Crippen LogP contribution is 2.11. The molecule has 0 saturated carbocycles. The molecule has 0 unspecified atom stereocenters. The number of nitrogens with zero attached hydrogens (tertiary/aromatic N) is 4. The predicted molar refractivity (Wildman–Crippen MR) is 125 cm³/mol. The fourth-order valence-corrected chi connectivity index (χ4v) is 2.77. The van der Waals surface area contributed by atoms with Crippen LogP contribution in [0.3, 0.4) is 0 Å². The first kappa shape index (κ1) is 22.8. The third-order valence-electron chi connectivity index (χ3n) is 4.38. The highest BCUT2D eigenvalue weighted by molar-refractivity contribution is 14.0. The molecule has 0 aliphatic rings. The van der Waals surface area contributed by atoms with Gasteiger partial charge in [0.2, 0.25) is 0 Å². The van der Waals surface area contributed by atoms with Gasteiger partial charge in [0.25, 0.3) is 0 Å². The largest absolute Gasteiger partial charge is 0.372 e. The summed E-state index contributed by atoms with van der Waals surface area (Å²) in [6, 6.07) is 18.5. The molecule has 2 N–H and O–H groups in total. The van der Waals surface area contributed by atoms with Crippen molar-refractivity contribution in [1.82, 2.24) is 25.4 Å². The Kier molecular flexibility index (Phi) is 9.58. The van der Waals surface area contributed by atoms with Crippen LogP contribution in [0.15, 0.2) is 65.9 Å². The van der Waals surface area contributed by atoms with Gasteiger partial charge >= 0.3 is 0 Å². The minimum absolute atomic E-state index is 0. The van der Waals surface area contributed by atoms with E-state index in [0.717, 1.165) is 11.4 Å². The predicted octanol–water partition coefficient (Wildman–Crippen LogP) is 3.02. The summed E-state index contributed by atoms with van der Waals surface area (Å²) >= 11 is 0. The number of aryl methyl sites for hydroxylation is 1. The summed E-state index contributed by atoms with van der Waals surface area (Å²) in [4.78, 5) is 8.47. The van der Waals surface area contributed by atoms with Crippen LogP contribution in [0.25, 0.3) is 0 Å². The summed E-state index contributed by atoms with van der Waals surface area (Å²) in [5.74, 6) is 1.56. The van der Waals surface area contributed by atoms with E-state index in [-0.39, 0.29) is 24.0 Å². The summed E-state index contributed by atoms with van der Waals surface area (Å²) in [7, 11) is 3.62. The standard InChI is InChI=1S/C21H26N6O.HI/c1-22-21(24-13-20-25-16-26-27(20)2)23-12-18-10-6-7-11-19(18)15-28-14-17-8-4-3-5-9-17;/h3-11,16H,12-15H2,1-2H3,(H2,22,23,24);1H. The lowest BCUT2D eigenvalue weighted by atomic mass is 10.1. The van der Waals surface area contributed by atoms with Crippen LogP contribution in [0.4, 0.5) is 0 Å². The number of guanidine groups is 1. The van der Waals surface area contributed by atoms with Crippen molar-refractivity contribution in [2.75, 3.05) is 7.05 Å². The van der Waals surface area contributed by atoms with E-state index < -0.39 is 0 Å². The molecule has 3 aromatic rings. The number of rotatable bonds is 8. The molecule has 0 bridgehead atoms. The summed E-state index contributed by atoms with van der Waals surface area (Å²) in [5, 5.41) is 10.7. The van der Waals surface area contributed by atoms with E-state index >= 15 is 0 Å². The van der Waals surface area contributed by atoms with E-state index in [0.29, 0.717) is 32.3 Å². The van der Waals surface area contributed by atoms with Crippen LogP contribution in [0.1, 0.15) is 22.5 Å². The maximum atomic E-state index is 5.90. The van der Waals surface area contributed by atoms with Gasteiger partial charge < -0.3 is 15.4 Å². The van der Waals surface area contributed by atoms with Crippen LogP contribution in [0.5, 0.6) is 0 Å². The van der Waals surface area contributed by atoms with Crippen LogP contribution in [0.2, 0.25) is 0 Å². The van der Waals surface area contributed by atoms with Crippen LogP contribution in [-0.4, -0.2) is 27.8 Å². The highest BCUT2D eigenvalue weighted by atomic mass is 127. The third kappa shape index (κ3) is 7.13. The summed E-state index contributed by atoms with van der Waals surface area (Å²) < 4.78 is 7.63. The minimum atomic E-state index is 0. The molecular weight excluding hydrogens is 479 g/mol. The number of hydrogen-bond acceptors (Lipinski definition) is 4. The average Bonchev–Trinajstić information content (AvgIpc) is 3.14. The van der Waals surface area contributed by atoms with Crippen molar-refractivity contribution >= 4 is 29.9 Å². The van der Waals surface area contributed by atoms with E-state index in [1.54, 1.807) is 18.1 Å². The third-order valence-corrected chi connectivity index (χ3v) is 4.38. The van der Waals surface area contributed by atoms with Gasteiger partial charge in [-0.1, -0.05) is 54.6 Å². The lowest BCUT2D eigenvalue weighted by Gasteiger charge is -2.14. The first-order valence-electron chi connectivity index (χ1n) is 9.22. The first-order valence-corrected chi connectivity index (χ1v) is 9.22. The number of hydrogen-bond donors (Lipinski definition) is 2. The lowest BCUT2D eigenvalue weighted by Crippen LogP contribution is -2.37. The molecule has 154 valence electrons. The van der Waals surface area contributed by atoms with Gasteiger partial charge in [-0.25, -0.2) is 4.98 Å². The molecule has 3 rings (SSSR count). The van der Waals surface area contributed by atoms with Crippen molar-refractivity contribution in [1.29, 1.82) is 0 Å². The number of aromatic nitrogens is 3. The van der Waals surface area contributed by atoms with E-state index in [4.69, 9.17) is 4.74 Å². The van der Waals surface area contributed by atoms with E-state index in [2.05, 4.69) is 50.0 Å². The average molecular weight is 506 g/mol. The number of benzene rings is 2. The Morgan fingerprint density at radius 3 is 2.34 bits per heavy atom. The second-order valence-electron chi connectivity index (χ2n) is 6.33.